The average Bonchev–Trinajstić information content (AvgIpc) is 2.73. The molecule has 0 saturated heterocycles. The standard InChI is InChI=1S/C21H21F2N5O2S/c22-17-11-18(26-13-15-5-2-1-4-14(15)8-9-24)16(12-25)10-19(17)31(29,30)28-21-7-3-6-20(23)27-21/h1-7,10-12,25-26H,8-9,13,24H2,(H,27,28). The van der Waals surface area contributed by atoms with Crippen molar-refractivity contribution in [3.8, 4) is 0 Å². The normalized spacial score (nSPS) is 11.2. The second kappa shape index (κ2) is 9.63. The number of nitrogens with one attached hydrogen (secondary N) is 3. The average molecular weight is 445 g/mol. The summed E-state index contributed by atoms with van der Waals surface area (Å²) < 4.78 is 55.2. The van der Waals surface area contributed by atoms with Crippen molar-refractivity contribution in [1.82, 2.24) is 4.98 Å². The molecule has 162 valence electrons. The van der Waals surface area contributed by atoms with Crippen molar-refractivity contribution in [3.05, 3.63) is 83.1 Å². The van der Waals surface area contributed by atoms with Gasteiger partial charge in [-0.3, -0.25) is 4.72 Å². The van der Waals surface area contributed by atoms with E-state index in [1.165, 1.54) is 12.1 Å². The Hall–Kier alpha value is -3.37. The molecule has 0 amide bonds. The number of hydrogen-bond acceptors (Lipinski definition) is 6. The summed E-state index contributed by atoms with van der Waals surface area (Å²) in [5.41, 5.74) is 8.07. The fourth-order valence-electron chi connectivity index (χ4n) is 3.03. The van der Waals surface area contributed by atoms with Crippen molar-refractivity contribution >= 4 is 27.7 Å². The van der Waals surface area contributed by atoms with Crippen LogP contribution in [0.1, 0.15) is 16.7 Å². The number of aromatic nitrogens is 1. The van der Waals surface area contributed by atoms with Gasteiger partial charge in [0, 0.05) is 24.0 Å². The van der Waals surface area contributed by atoms with Crippen molar-refractivity contribution in [2.24, 2.45) is 5.73 Å². The molecular formula is C21H21F2N5O2S. The second-order valence-electron chi connectivity index (χ2n) is 6.63. The molecule has 1 heterocycles. The molecule has 0 saturated carbocycles. The molecule has 3 rings (SSSR count). The van der Waals surface area contributed by atoms with Gasteiger partial charge in [-0.2, -0.15) is 4.39 Å². The van der Waals surface area contributed by atoms with Crippen molar-refractivity contribution in [3.63, 3.8) is 0 Å². The first kappa shape index (κ1) is 22.3. The lowest BCUT2D eigenvalue weighted by atomic mass is 10.0. The van der Waals surface area contributed by atoms with Gasteiger partial charge in [0.2, 0.25) is 5.95 Å². The number of rotatable bonds is 9. The van der Waals surface area contributed by atoms with Gasteiger partial charge in [0.05, 0.1) is 0 Å². The fourth-order valence-corrected chi connectivity index (χ4v) is 4.12. The summed E-state index contributed by atoms with van der Waals surface area (Å²) in [4.78, 5) is 2.74. The van der Waals surface area contributed by atoms with E-state index in [4.69, 9.17) is 11.1 Å². The maximum atomic E-state index is 14.7. The van der Waals surface area contributed by atoms with Gasteiger partial charge in [-0.1, -0.05) is 30.3 Å². The van der Waals surface area contributed by atoms with Gasteiger partial charge < -0.3 is 16.5 Å². The van der Waals surface area contributed by atoms with Crippen LogP contribution in [0.4, 0.5) is 20.3 Å². The quantitative estimate of drug-likeness (QED) is 0.298. The Morgan fingerprint density at radius 1 is 1.06 bits per heavy atom. The summed E-state index contributed by atoms with van der Waals surface area (Å²) in [6.45, 7) is 0.825. The third-order valence-corrected chi connectivity index (χ3v) is 5.87. The van der Waals surface area contributed by atoms with Gasteiger partial charge >= 0.3 is 0 Å². The molecule has 0 spiro atoms. The molecule has 7 nitrogen and oxygen atoms in total. The Balaban J connectivity index is 1.87. The highest BCUT2D eigenvalue weighted by Gasteiger charge is 2.22. The Kier molecular flexibility index (Phi) is 6.93. The summed E-state index contributed by atoms with van der Waals surface area (Å²) in [5, 5.41) is 10.7. The molecule has 1 aromatic heterocycles. The second-order valence-corrected chi connectivity index (χ2v) is 8.28. The first-order valence-corrected chi connectivity index (χ1v) is 10.8. The van der Waals surface area contributed by atoms with E-state index in [1.54, 1.807) is 0 Å². The van der Waals surface area contributed by atoms with Crippen LogP contribution in [0.25, 0.3) is 0 Å². The summed E-state index contributed by atoms with van der Waals surface area (Å²) in [7, 11) is -4.39. The van der Waals surface area contributed by atoms with Gasteiger partial charge in [-0.05, 0) is 48.4 Å². The first-order valence-electron chi connectivity index (χ1n) is 9.34. The van der Waals surface area contributed by atoms with Crippen LogP contribution in [0.5, 0.6) is 0 Å². The number of pyridine rings is 1. The van der Waals surface area contributed by atoms with Crippen LogP contribution in [0.2, 0.25) is 0 Å². The molecule has 0 bridgehead atoms. The van der Waals surface area contributed by atoms with E-state index in [0.29, 0.717) is 19.5 Å². The van der Waals surface area contributed by atoms with Crippen molar-refractivity contribution in [2.45, 2.75) is 17.9 Å². The maximum absolute atomic E-state index is 14.7. The molecule has 0 radical (unpaired) electrons. The highest BCUT2D eigenvalue weighted by atomic mass is 32.2. The number of hydrogen-bond donors (Lipinski definition) is 4. The first-order chi connectivity index (χ1) is 14.8. The molecule has 0 unspecified atom stereocenters. The Morgan fingerprint density at radius 3 is 2.48 bits per heavy atom. The topological polar surface area (TPSA) is 121 Å². The van der Waals surface area contributed by atoms with E-state index in [1.807, 2.05) is 29.0 Å². The largest absolute Gasteiger partial charge is 0.380 e. The number of sulfonamides is 1. The monoisotopic (exact) mass is 445 g/mol. The van der Waals surface area contributed by atoms with E-state index in [-0.39, 0.29) is 17.1 Å². The summed E-state index contributed by atoms with van der Waals surface area (Å²) in [6.07, 6.45) is 1.60. The number of halogens is 2. The number of nitrogens with two attached hydrogens (primary N) is 1. The van der Waals surface area contributed by atoms with E-state index in [2.05, 4.69) is 10.3 Å². The SMILES string of the molecule is N=Cc1cc(S(=O)(=O)Nc2cccc(F)n2)c(F)cc1NCc1ccccc1CCN. The number of benzene rings is 2. The van der Waals surface area contributed by atoms with Crippen molar-refractivity contribution < 1.29 is 17.2 Å². The van der Waals surface area contributed by atoms with Gasteiger partial charge in [0.25, 0.3) is 10.0 Å². The van der Waals surface area contributed by atoms with Gasteiger partial charge in [-0.25, -0.2) is 17.8 Å². The summed E-state index contributed by atoms with van der Waals surface area (Å²) in [5.74, 6) is -2.18. The zero-order chi connectivity index (χ0) is 22.4. The zero-order valence-electron chi connectivity index (χ0n) is 16.4. The highest BCUT2D eigenvalue weighted by molar-refractivity contribution is 7.92. The summed E-state index contributed by atoms with van der Waals surface area (Å²) in [6, 6.07) is 13.3. The van der Waals surface area contributed by atoms with Gasteiger partial charge in [0.15, 0.2) is 0 Å². The molecule has 3 aromatic rings. The van der Waals surface area contributed by atoms with Crippen LogP contribution in [0.3, 0.4) is 0 Å². The smallest absolute Gasteiger partial charge is 0.265 e. The molecule has 0 aliphatic heterocycles. The third-order valence-electron chi connectivity index (χ3n) is 4.50. The molecular weight excluding hydrogens is 424 g/mol. The predicted molar refractivity (Wildman–Crippen MR) is 116 cm³/mol. The van der Waals surface area contributed by atoms with Crippen LogP contribution >= 0.6 is 0 Å². The summed E-state index contributed by atoms with van der Waals surface area (Å²) >= 11 is 0. The lowest BCUT2D eigenvalue weighted by molar-refractivity contribution is 0.569. The lowest BCUT2D eigenvalue weighted by Crippen LogP contribution is -2.17. The molecule has 2 aromatic carbocycles. The van der Waals surface area contributed by atoms with Gasteiger partial charge in [0.1, 0.15) is 16.5 Å². The minimum absolute atomic E-state index is 0.172. The fraction of sp³-hybridized carbons (Fsp3) is 0.143. The number of nitrogens with zero attached hydrogens (tertiary/aromatic N) is 1. The van der Waals surface area contributed by atoms with Crippen LogP contribution in [0, 0.1) is 17.2 Å². The molecule has 0 fully saturated rings. The molecule has 0 atom stereocenters. The Bertz CT molecular complexity index is 1200. The molecule has 5 N–H and O–H groups in total. The minimum Gasteiger partial charge on any atom is -0.380 e. The number of anilines is 2. The van der Waals surface area contributed by atoms with Crippen LogP contribution < -0.4 is 15.8 Å². The van der Waals surface area contributed by atoms with Crippen LogP contribution in [-0.4, -0.2) is 26.2 Å². The molecule has 10 heteroatoms. The predicted octanol–water partition coefficient (Wildman–Crippen LogP) is 3.27. The Labute approximate surface area is 178 Å². The van der Waals surface area contributed by atoms with Crippen molar-refractivity contribution in [1.29, 1.82) is 5.41 Å². The van der Waals surface area contributed by atoms with Crippen molar-refractivity contribution in [2.75, 3.05) is 16.6 Å². The van der Waals surface area contributed by atoms with E-state index in [9.17, 15) is 17.2 Å². The third kappa shape index (κ3) is 5.41. The molecule has 31 heavy (non-hydrogen) atoms. The van der Waals surface area contributed by atoms with Crippen LogP contribution in [0.15, 0.2) is 59.5 Å². The van der Waals surface area contributed by atoms with E-state index >= 15 is 0 Å². The molecule has 0 aliphatic rings. The molecule has 0 aliphatic carbocycles. The van der Waals surface area contributed by atoms with E-state index in [0.717, 1.165) is 35.5 Å². The van der Waals surface area contributed by atoms with E-state index < -0.39 is 26.7 Å². The maximum Gasteiger partial charge on any atom is 0.265 e. The minimum atomic E-state index is -4.39. The lowest BCUT2D eigenvalue weighted by Gasteiger charge is -2.15. The van der Waals surface area contributed by atoms with Gasteiger partial charge in [-0.15, -0.1) is 0 Å². The highest BCUT2D eigenvalue weighted by Crippen LogP contribution is 2.25. The van der Waals surface area contributed by atoms with Crippen LogP contribution in [-0.2, 0) is 23.0 Å². The Morgan fingerprint density at radius 2 is 1.81 bits per heavy atom. The zero-order valence-corrected chi connectivity index (χ0v) is 17.2.